The number of halogens is 4. The quantitative estimate of drug-likeness (QED) is 0.872. The van der Waals surface area contributed by atoms with E-state index in [0.717, 1.165) is 18.4 Å². The second-order valence-electron chi connectivity index (χ2n) is 5.38. The first-order valence-corrected chi connectivity index (χ1v) is 7.47. The summed E-state index contributed by atoms with van der Waals surface area (Å²) in [6.45, 7) is -0.536. The number of alkyl halides is 3. The normalized spacial score (nSPS) is 23.2. The molecule has 21 heavy (non-hydrogen) atoms. The topological polar surface area (TPSA) is 21.3 Å². The van der Waals surface area contributed by atoms with E-state index < -0.39 is 12.8 Å². The number of ether oxygens (including phenoxy) is 1. The van der Waals surface area contributed by atoms with Gasteiger partial charge in [-0.2, -0.15) is 13.2 Å². The molecule has 1 aromatic carbocycles. The Balaban J connectivity index is 1.78. The molecule has 1 aromatic rings. The van der Waals surface area contributed by atoms with E-state index >= 15 is 0 Å². The van der Waals surface area contributed by atoms with Crippen molar-refractivity contribution in [3.8, 4) is 0 Å². The highest BCUT2D eigenvalue weighted by molar-refractivity contribution is 6.31. The van der Waals surface area contributed by atoms with Crippen LogP contribution in [-0.4, -0.2) is 24.9 Å². The maximum atomic E-state index is 12.2. The summed E-state index contributed by atoms with van der Waals surface area (Å²) in [5.41, 5.74) is 0.998. The summed E-state index contributed by atoms with van der Waals surface area (Å²) in [6, 6.07) is 7.73. The maximum Gasteiger partial charge on any atom is 0.411 e. The standard InChI is InChI=1S/C15H19ClF3NO/c16-14-7-2-1-4-11(14)9-20-12-5-3-6-13(8-12)21-10-15(17,18)19/h1-2,4,7,12-13,20H,3,5-6,8-10H2. The third-order valence-electron chi connectivity index (χ3n) is 3.65. The van der Waals surface area contributed by atoms with Crippen LogP contribution in [0.2, 0.25) is 5.02 Å². The Kier molecular flexibility index (Phi) is 5.90. The molecule has 0 bridgehead atoms. The Morgan fingerprint density at radius 3 is 2.71 bits per heavy atom. The van der Waals surface area contributed by atoms with E-state index in [4.69, 9.17) is 16.3 Å². The van der Waals surface area contributed by atoms with Gasteiger partial charge in [0, 0.05) is 17.6 Å². The molecule has 6 heteroatoms. The van der Waals surface area contributed by atoms with Gasteiger partial charge in [0.15, 0.2) is 0 Å². The number of rotatable bonds is 5. The molecule has 2 unspecified atom stereocenters. The average Bonchev–Trinajstić information content (AvgIpc) is 2.44. The van der Waals surface area contributed by atoms with Crippen LogP contribution in [0.5, 0.6) is 0 Å². The molecule has 0 saturated heterocycles. The predicted octanol–water partition coefficient (Wildman–Crippen LogP) is 4.32. The fraction of sp³-hybridized carbons (Fsp3) is 0.600. The summed E-state index contributed by atoms with van der Waals surface area (Å²) in [6.07, 6.45) is -1.43. The van der Waals surface area contributed by atoms with E-state index in [9.17, 15) is 13.2 Å². The Morgan fingerprint density at radius 1 is 1.24 bits per heavy atom. The number of hydrogen-bond acceptors (Lipinski definition) is 2. The van der Waals surface area contributed by atoms with Crippen molar-refractivity contribution in [3.05, 3.63) is 34.9 Å². The number of benzene rings is 1. The van der Waals surface area contributed by atoms with Crippen molar-refractivity contribution in [2.24, 2.45) is 0 Å². The first-order chi connectivity index (χ1) is 9.94. The Bertz CT molecular complexity index is 453. The smallest absolute Gasteiger partial charge is 0.369 e. The third-order valence-corrected chi connectivity index (χ3v) is 4.02. The summed E-state index contributed by atoms with van der Waals surface area (Å²) >= 11 is 6.08. The Labute approximate surface area is 127 Å². The Morgan fingerprint density at radius 2 is 2.00 bits per heavy atom. The zero-order valence-corrected chi connectivity index (χ0v) is 12.4. The molecule has 1 saturated carbocycles. The van der Waals surface area contributed by atoms with Crippen molar-refractivity contribution in [3.63, 3.8) is 0 Å². The van der Waals surface area contributed by atoms with Gasteiger partial charge in [-0.25, -0.2) is 0 Å². The van der Waals surface area contributed by atoms with Crippen LogP contribution in [0.4, 0.5) is 13.2 Å². The molecule has 2 nitrogen and oxygen atoms in total. The van der Waals surface area contributed by atoms with E-state index in [1.54, 1.807) is 0 Å². The molecule has 118 valence electrons. The first kappa shape index (κ1) is 16.6. The molecule has 0 aromatic heterocycles. The summed E-state index contributed by atoms with van der Waals surface area (Å²) in [7, 11) is 0. The molecule has 2 rings (SSSR count). The van der Waals surface area contributed by atoms with Gasteiger partial charge in [-0.05, 0) is 37.3 Å². The summed E-state index contributed by atoms with van der Waals surface area (Å²) in [4.78, 5) is 0. The molecular formula is C15H19ClF3NO. The SMILES string of the molecule is FC(F)(F)COC1CCCC(NCc2ccccc2Cl)C1. The first-order valence-electron chi connectivity index (χ1n) is 7.09. The molecule has 1 aliphatic carbocycles. The van der Waals surface area contributed by atoms with Crippen LogP contribution < -0.4 is 5.32 Å². The molecule has 0 heterocycles. The van der Waals surface area contributed by atoms with Gasteiger partial charge in [0.05, 0.1) is 6.10 Å². The lowest BCUT2D eigenvalue weighted by Crippen LogP contribution is -2.37. The van der Waals surface area contributed by atoms with Crippen molar-refractivity contribution in [2.75, 3.05) is 6.61 Å². The zero-order valence-electron chi connectivity index (χ0n) is 11.6. The van der Waals surface area contributed by atoms with Crippen LogP contribution >= 0.6 is 11.6 Å². The molecule has 1 fully saturated rings. The summed E-state index contributed by atoms with van der Waals surface area (Å²) < 4.78 is 41.5. The third kappa shape index (κ3) is 5.85. The molecule has 0 aliphatic heterocycles. The molecular weight excluding hydrogens is 303 g/mol. The second kappa shape index (κ2) is 7.47. The number of nitrogens with one attached hydrogen (secondary N) is 1. The van der Waals surface area contributed by atoms with Crippen LogP contribution in [0.1, 0.15) is 31.2 Å². The zero-order chi connectivity index (χ0) is 15.3. The summed E-state index contributed by atoms with van der Waals surface area (Å²) in [5, 5.41) is 4.06. The van der Waals surface area contributed by atoms with Gasteiger partial charge in [-0.3, -0.25) is 0 Å². The molecule has 1 N–H and O–H groups in total. The van der Waals surface area contributed by atoms with Crippen molar-refractivity contribution >= 4 is 11.6 Å². The molecule has 0 amide bonds. The van der Waals surface area contributed by atoms with Crippen LogP contribution in [0.3, 0.4) is 0 Å². The molecule has 2 atom stereocenters. The summed E-state index contributed by atoms with van der Waals surface area (Å²) in [5.74, 6) is 0. The van der Waals surface area contributed by atoms with Crippen LogP contribution in [0, 0.1) is 0 Å². The highest BCUT2D eigenvalue weighted by Crippen LogP contribution is 2.25. The molecule has 1 aliphatic rings. The van der Waals surface area contributed by atoms with Gasteiger partial charge in [0.2, 0.25) is 0 Å². The van der Waals surface area contributed by atoms with Crippen LogP contribution in [-0.2, 0) is 11.3 Å². The van der Waals surface area contributed by atoms with Gasteiger partial charge in [0.25, 0.3) is 0 Å². The monoisotopic (exact) mass is 321 g/mol. The van der Waals surface area contributed by atoms with E-state index in [0.29, 0.717) is 24.4 Å². The van der Waals surface area contributed by atoms with Crippen LogP contribution in [0.15, 0.2) is 24.3 Å². The lowest BCUT2D eigenvalue weighted by molar-refractivity contribution is -0.188. The largest absolute Gasteiger partial charge is 0.411 e. The second-order valence-corrected chi connectivity index (χ2v) is 5.79. The Hall–Kier alpha value is -0.780. The minimum Gasteiger partial charge on any atom is -0.369 e. The van der Waals surface area contributed by atoms with E-state index in [2.05, 4.69) is 5.32 Å². The van der Waals surface area contributed by atoms with Crippen molar-refractivity contribution in [2.45, 2.75) is 50.6 Å². The van der Waals surface area contributed by atoms with E-state index in [-0.39, 0.29) is 12.1 Å². The molecule has 0 spiro atoms. The molecule has 0 radical (unpaired) electrons. The van der Waals surface area contributed by atoms with Crippen molar-refractivity contribution in [1.82, 2.24) is 5.32 Å². The lowest BCUT2D eigenvalue weighted by atomic mass is 9.92. The number of hydrogen-bond donors (Lipinski definition) is 1. The lowest BCUT2D eigenvalue weighted by Gasteiger charge is -2.30. The fourth-order valence-corrected chi connectivity index (χ4v) is 2.79. The fourth-order valence-electron chi connectivity index (χ4n) is 2.59. The van der Waals surface area contributed by atoms with Gasteiger partial charge in [0.1, 0.15) is 6.61 Å². The average molecular weight is 322 g/mol. The highest BCUT2D eigenvalue weighted by Gasteiger charge is 2.31. The predicted molar refractivity (Wildman–Crippen MR) is 76.3 cm³/mol. The maximum absolute atomic E-state index is 12.2. The highest BCUT2D eigenvalue weighted by atomic mass is 35.5. The van der Waals surface area contributed by atoms with Gasteiger partial charge in [-0.1, -0.05) is 29.8 Å². The van der Waals surface area contributed by atoms with Gasteiger partial charge >= 0.3 is 6.18 Å². The van der Waals surface area contributed by atoms with Crippen LogP contribution in [0.25, 0.3) is 0 Å². The van der Waals surface area contributed by atoms with E-state index in [1.807, 2.05) is 24.3 Å². The van der Waals surface area contributed by atoms with Crippen molar-refractivity contribution in [1.29, 1.82) is 0 Å². The minimum atomic E-state index is -4.25. The van der Waals surface area contributed by atoms with Crippen molar-refractivity contribution < 1.29 is 17.9 Å². The minimum absolute atomic E-state index is 0.174. The van der Waals surface area contributed by atoms with E-state index in [1.165, 1.54) is 0 Å². The van der Waals surface area contributed by atoms with Gasteiger partial charge in [-0.15, -0.1) is 0 Å². The van der Waals surface area contributed by atoms with Gasteiger partial charge < -0.3 is 10.1 Å².